The first-order valence-electron chi connectivity index (χ1n) is 5.22. The summed E-state index contributed by atoms with van der Waals surface area (Å²) in [5, 5.41) is 0. The molecule has 0 aliphatic carbocycles. The van der Waals surface area contributed by atoms with Crippen molar-refractivity contribution in [1.29, 1.82) is 0 Å². The van der Waals surface area contributed by atoms with E-state index in [0.29, 0.717) is 11.3 Å². The van der Waals surface area contributed by atoms with E-state index in [-0.39, 0.29) is 5.56 Å². The maximum Gasteiger partial charge on any atom is 0.323 e. The average Bonchev–Trinajstić information content (AvgIpc) is 2.25. The quantitative estimate of drug-likeness (QED) is 0.740. The van der Waals surface area contributed by atoms with Gasteiger partial charge in [-0.3, -0.25) is 9.36 Å². The van der Waals surface area contributed by atoms with Gasteiger partial charge in [0, 0.05) is 11.9 Å². The minimum Gasteiger partial charge on any atom is -0.351 e. The van der Waals surface area contributed by atoms with Crippen LogP contribution in [0.25, 0.3) is 11.3 Å². The Labute approximate surface area is 98.2 Å². The fourth-order valence-electron chi connectivity index (χ4n) is 2.06. The van der Waals surface area contributed by atoms with Gasteiger partial charge in [-0.15, -0.1) is 0 Å². The van der Waals surface area contributed by atoms with Crippen molar-refractivity contribution in [2.24, 2.45) is 5.73 Å². The van der Waals surface area contributed by atoms with Gasteiger partial charge in [-0.2, -0.15) is 0 Å². The van der Waals surface area contributed by atoms with Crippen LogP contribution in [0.4, 0.5) is 4.79 Å². The van der Waals surface area contributed by atoms with Gasteiger partial charge in [0.15, 0.2) is 0 Å². The number of primary amides is 1. The summed E-state index contributed by atoms with van der Waals surface area (Å²) in [5.41, 5.74) is 8.44. The van der Waals surface area contributed by atoms with E-state index in [4.69, 9.17) is 5.73 Å². The zero-order valence-electron chi connectivity index (χ0n) is 9.94. The molecule has 0 aromatic carbocycles. The molecule has 2 N–H and O–H groups in total. The molecule has 0 radical (unpaired) electrons. The SMILES string of the molecule is Cc1c(C)c(C)n(C(N)=O)c2ccnc(=O)c1-2. The van der Waals surface area contributed by atoms with E-state index in [9.17, 15) is 9.59 Å². The van der Waals surface area contributed by atoms with Crippen molar-refractivity contribution >= 4 is 6.03 Å². The Morgan fingerprint density at radius 2 is 1.94 bits per heavy atom. The Morgan fingerprint density at radius 1 is 1.29 bits per heavy atom. The first-order valence-corrected chi connectivity index (χ1v) is 5.22. The molecule has 0 spiro atoms. The number of carbonyl (C=O) groups excluding carboxylic acids is 1. The molecule has 1 amide bonds. The number of nitrogens with zero attached hydrogens (tertiary/aromatic N) is 2. The smallest absolute Gasteiger partial charge is 0.323 e. The van der Waals surface area contributed by atoms with Crippen LogP contribution in [0, 0.1) is 20.8 Å². The van der Waals surface area contributed by atoms with Crippen LogP contribution in [-0.4, -0.2) is 15.6 Å². The fraction of sp³-hybridized carbons (Fsp3) is 0.250. The van der Waals surface area contributed by atoms with Gasteiger partial charge in [0.05, 0.1) is 11.3 Å². The molecule has 2 aliphatic heterocycles. The maximum absolute atomic E-state index is 11.8. The second kappa shape index (κ2) is 3.69. The lowest BCUT2D eigenvalue weighted by Gasteiger charge is -2.19. The lowest BCUT2D eigenvalue weighted by Crippen LogP contribution is -2.28. The molecular formula is C12H13N3O2. The molecule has 0 saturated heterocycles. The van der Waals surface area contributed by atoms with E-state index in [2.05, 4.69) is 4.98 Å². The Morgan fingerprint density at radius 3 is 2.53 bits per heavy atom. The topological polar surface area (TPSA) is 78.0 Å². The number of aromatic nitrogens is 2. The summed E-state index contributed by atoms with van der Waals surface area (Å²) in [7, 11) is 0. The summed E-state index contributed by atoms with van der Waals surface area (Å²) in [6, 6.07) is 1.03. The molecule has 2 aliphatic rings. The van der Waals surface area contributed by atoms with Crippen molar-refractivity contribution in [3.63, 3.8) is 0 Å². The highest BCUT2D eigenvalue weighted by Gasteiger charge is 2.20. The largest absolute Gasteiger partial charge is 0.351 e. The second-order valence-electron chi connectivity index (χ2n) is 4.02. The Hall–Kier alpha value is -2.17. The number of hydrogen-bond acceptors (Lipinski definition) is 3. The van der Waals surface area contributed by atoms with Gasteiger partial charge in [0.1, 0.15) is 0 Å². The van der Waals surface area contributed by atoms with Crippen molar-refractivity contribution in [2.75, 3.05) is 0 Å². The Balaban J connectivity index is 3.07. The van der Waals surface area contributed by atoms with Gasteiger partial charge in [-0.25, -0.2) is 9.78 Å². The normalized spacial score (nSPS) is 10.8. The summed E-state index contributed by atoms with van der Waals surface area (Å²) in [6.07, 6.45) is 1.39. The molecule has 5 heteroatoms. The molecule has 0 atom stereocenters. The molecule has 0 unspecified atom stereocenters. The highest BCUT2D eigenvalue weighted by molar-refractivity contribution is 5.83. The van der Waals surface area contributed by atoms with Gasteiger partial charge in [-0.05, 0) is 38.0 Å². The third-order valence-electron chi connectivity index (χ3n) is 3.17. The Kier molecular flexibility index (Phi) is 2.46. The predicted octanol–water partition coefficient (Wildman–Crippen LogP) is 1.20. The highest BCUT2D eigenvalue weighted by atomic mass is 16.2. The number of hydrogen-bond donors (Lipinski definition) is 1. The van der Waals surface area contributed by atoms with E-state index in [1.165, 1.54) is 10.8 Å². The zero-order chi connectivity index (χ0) is 12.7. The maximum atomic E-state index is 11.8. The van der Waals surface area contributed by atoms with Gasteiger partial charge in [0.25, 0.3) is 5.56 Å². The average molecular weight is 231 g/mol. The minimum absolute atomic E-state index is 0.335. The van der Waals surface area contributed by atoms with Crippen LogP contribution in [-0.2, 0) is 0 Å². The van der Waals surface area contributed by atoms with Crippen LogP contribution in [0.1, 0.15) is 16.8 Å². The molecule has 5 nitrogen and oxygen atoms in total. The number of rotatable bonds is 0. The van der Waals surface area contributed by atoms with E-state index >= 15 is 0 Å². The van der Waals surface area contributed by atoms with E-state index in [0.717, 1.165) is 16.8 Å². The van der Waals surface area contributed by atoms with E-state index < -0.39 is 6.03 Å². The first-order chi connectivity index (χ1) is 7.95. The second-order valence-corrected chi connectivity index (χ2v) is 4.02. The lowest BCUT2D eigenvalue weighted by atomic mass is 9.99. The number of carbonyl (C=O) groups is 1. The monoisotopic (exact) mass is 231 g/mol. The summed E-state index contributed by atoms with van der Waals surface area (Å²) in [5.74, 6) is 0. The summed E-state index contributed by atoms with van der Waals surface area (Å²) >= 11 is 0. The molecule has 0 saturated carbocycles. The number of nitrogens with two attached hydrogens (primary N) is 1. The Bertz CT molecular complexity index is 643. The zero-order valence-corrected chi connectivity index (χ0v) is 9.94. The van der Waals surface area contributed by atoms with Crippen molar-refractivity contribution in [3.05, 3.63) is 39.4 Å². The molecule has 17 heavy (non-hydrogen) atoms. The lowest BCUT2D eigenvalue weighted by molar-refractivity contribution is 0.250. The molecule has 0 aromatic heterocycles. The number of fused-ring (bicyclic) bond motifs is 1. The van der Waals surface area contributed by atoms with Crippen molar-refractivity contribution in [3.8, 4) is 11.3 Å². The molecule has 0 bridgehead atoms. The third kappa shape index (κ3) is 1.51. The fourth-order valence-corrected chi connectivity index (χ4v) is 2.06. The van der Waals surface area contributed by atoms with Crippen LogP contribution < -0.4 is 11.3 Å². The van der Waals surface area contributed by atoms with Gasteiger partial charge >= 0.3 is 6.03 Å². The third-order valence-corrected chi connectivity index (χ3v) is 3.17. The predicted molar refractivity (Wildman–Crippen MR) is 64.3 cm³/mol. The van der Waals surface area contributed by atoms with E-state index in [1.54, 1.807) is 13.0 Å². The summed E-state index contributed by atoms with van der Waals surface area (Å²) in [6.45, 7) is 5.51. The minimum atomic E-state index is -0.596. The van der Waals surface area contributed by atoms with Crippen LogP contribution in [0.2, 0.25) is 0 Å². The molecule has 2 rings (SSSR count). The summed E-state index contributed by atoms with van der Waals surface area (Å²) in [4.78, 5) is 27.0. The number of pyridine rings is 2. The number of amides is 1. The molecule has 0 fully saturated rings. The van der Waals surface area contributed by atoms with Gasteiger partial charge in [0.2, 0.25) is 0 Å². The van der Waals surface area contributed by atoms with Crippen molar-refractivity contribution < 1.29 is 4.79 Å². The van der Waals surface area contributed by atoms with Gasteiger partial charge < -0.3 is 5.73 Å². The van der Waals surface area contributed by atoms with E-state index in [1.807, 2.05) is 13.8 Å². The first kappa shape index (κ1) is 11.3. The molecular weight excluding hydrogens is 218 g/mol. The van der Waals surface area contributed by atoms with Gasteiger partial charge in [-0.1, -0.05) is 0 Å². The van der Waals surface area contributed by atoms with Crippen LogP contribution in [0.3, 0.4) is 0 Å². The van der Waals surface area contributed by atoms with Crippen molar-refractivity contribution in [1.82, 2.24) is 9.55 Å². The molecule has 88 valence electrons. The van der Waals surface area contributed by atoms with Crippen LogP contribution >= 0.6 is 0 Å². The van der Waals surface area contributed by atoms with Crippen LogP contribution in [0.5, 0.6) is 0 Å². The molecule has 2 heterocycles. The van der Waals surface area contributed by atoms with Crippen molar-refractivity contribution in [2.45, 2.75) is 20.8 Å². The highest BCUT2D eigenvalue weighted by Crippen LogP contribution is 2.26. The van der Waals surface area contributed by atoms with Crippen LogP contribution in [0.15, 0.2) is 17.1 Å². The standard InChI is InChI=1S/C12H13N3O2/c1-6-7(2)10-9(4-5-14-11(10)16)15(8(6)3)12(13)17/h4-5H,1-3H3,(H2,13,17). The summed E-state index contributed by atoms with van der Waals surface area (Å²) < 4.78 is 1.35. The molecule has 0 aromatic rings.